The lowest BCUT2D eigenvalue weighted by atomic mass is 9.92. The molecule has 1 nitrogen and oxygen atoms in total. The normalized spacial score (nSPS) is 36.9. The Labute approximate surface area is 93.4 Å². The first-order valence-corrected chi connectivity index (χ1v) is 6.47. The van der Waals surface area contributed by atoms with E-state index in [1.54, 1.807) is 5.57 Å². The lowest BCUT2D eigenvalue weighted by Gasteiger charge is -2.17. The second-order valence-corrected chi connectivity index (χ2v) is 5.06. The Balaban J connectivity index is 2.25. The molecular formula is C14H23N. The van der Waals surface area contributed by atoms with Crippen molar-refractivity contribution in [1.82, 2.24) is 0 Å². The van der Waals surface area contributed by atoms with Crippen molar-refractivity contribution < 1.29 is 0 Å². The molecule has 0 aromatic rings. The van der Waals surface area contributed by atoms with Crippen molar-refractivity contribution in [3.05, 3.63) is 22.9 Å². The molecule has 0 bridgehead atoms. The Morgan fingerprint density at radius 2 is 2.00 bits per heavy atom. The highest BCUT2D eigenvalue weighted by Crippen LogP contribution is 2.35. The fraction of sp³-hybridized carbons (Fsp3) is 0.714. The van der Waals surface area contributed by atoms with Crippen LogP contribution < -0.4 is 5.73 Å². The van der Waals surface area contributed by atoms with Gasteiger partial charge in [-0.1, -0.05) is 25.8 Å². The van der Waals surface area contributed by atoms with E-state index in [2.05, 4.69) is 13.0 Å². The van der Waals surface area contributed by atoms with Crippen LogP contribution in [0.2, 0.25) is 0 Å². The summed E-state index contributed by atoms with van der Waals surface area (Å²) in [5, 5.41) is 0. The average molecular weight is 205 g/mol. The molecule has 1 atom stereocenters. The van der Waals surface area contributed by atoms with Crippen LogP contribution in [-0.4, -0.2) is 0 Å². The van der Waals surface area contributed by atoms with Gasteiger partial charge >= 0.3 is 0 Å². The van der Waals surface area contributed by atoms with Crippen LogP contribution in [0.15, 0.2) is 22.9 Å². The summed E-state index contributed by atoms with van der Waals surface area (Å²) in [5.41, 5.74) is 10.6. The van der Waals surface area contributed by atoms with Gasteiger partial charge in [0.25, 0.3) is 0 Å². The largest absolute Gasteiger partial charge is 0.402 e. The summed E-state index contributed by atoms with van der Waals surface area (Å²) in [6.07, 6.45) is 12.9. The van der Waals surface area contributed by atoms with Gasteiger partial charge in [0.1, 0.15) is 0 Å². The van der Waals surface area contributed by atoms with Gasteiger partial charge in [-0.05, 0) is 55.6 Å². The zero-order chi connectivity index (χ0) is 10.7. The third kappa shape index (κ3) is 2.45. The summed E-state index contributed by atoms with van der Waals surface area (Å²) in [6.45, 7) is 2.29. The van der Waals surface area contributed by atoms with E-state index in [-0.39, 0.29) is 0 Å². The first-order valence-electron chi connectivity index (χ1n) is 6.47. The molecule has 0 amide bonds. The summed E-state index contributed by atoms with van der Waals surface area (Å²) in [7, 11) is 0. The Morgan fingerprint density at radius 3 is 2.87 bits per heavy atom. The zero-order valence-electron chi connectivity index (χ0n) is 9.89. The third-order valence-corrected chi connectivity index (χ3v) is 3.87. The summed E-state index contributed by atoms with van der Waals surface area (Å²) < 4.78 is 0. The minimum atomic E-state index is 0.597. The minimum Gasteiger partial charge on any atom is -0.402 e. The second-order valence-electron chi connectivity index (χ2n) is 5.06. The first-order chi connectivity index (χ1) is 7.29. The lowest BCUT2D eigenvalue weighted by Crippen LogP contribution is -2.12. The molecule has 0 aromatic heterocycles. The molecule has 0 aromatic carbocycles. The topological polar surface area (TPSA) is 26.0 Å². The molecule has 84 valence electrons. The van der Waals surface area contributed by atoms with Crippen LogP contribution in [0, 0.1) is 5.92 Å². The highest BCUT2D eigenvalue weighted by atomic mass is 14.6. The molecule has 2 N–H and O–H groups in total. The summed E-state index contributed by atoms with van der Waals surface area (Å²) >= 11 is 0. The van der Waals surface area contributed by atoms with Gasteiger partial charge in [0, 0.05) is 5.70 Å². The molecule has 1 saturated carbocycles. The molecule has 2 aliphatic rings. The predicted molar refractivity (Wildman–Crippen MR) is 65.4 cm³/mol. The fourth-order valence-electron chi connectivity index (χ4n) is 2.82. The monoisotopic (exact) mass is 205 g/mol. The minimum absolute atomic E-state index is 0.597. The molecule has 0 radical (unpaired) electrons. The standard InChI is InChI=1S/C14H23N/c1-11-7-4-2-3-5-8-12-9-6-10-13(12)14(11)15/h8,11H,2-7,9-10,15H2,1H3/b12-8-,14-13+. The van der Waals surface area contributed by atoms with Crippen LogP contribution in [0.4, 0.5) is 0 Å². The van der Waals surface area contributed by atoms with Crippen LogP contribution in [0.3, 0.4) is 0 Å². The Bertz CT molecular complexity index is 286. The van der Waals surface area contributed by atoms with Gasteiger partial charge in [-0.25, -0.2) is 0 Å². The predicted octanol–water partition coefficient (Wildman–Crippen LogP) is 3.91. The molecule has 0 aliphatic heterocycles. The first kappa shape index (κ1) is 10.8. The van der Waals surface area contributed by atoms with Crippen LogP contribution in [0.5, 0.6) is 0 Å². The fourth-order valence-corrected chi connectivity index (χ4v) is 2.82. The Hall–Kier alpha value is -0.720. The highest BCUT2D eigenvalue weighted by Gasteiger charge is 2.19. The zero-order valence-corrected chi connectivity index (χ0v) is 9.89. The van der Waals surface area contributed by atoms with Crippen LogP contribution >= 0.6 is 0 Å². The molecule has 15 heavy (non-hydrogen) atoms. The number of nitrogens with two attached hydrogens (primary N) is 1. The van der Waals surface area contributed by atoms with Crippen molar-refractivity contribution in [3.8, 4) is 0 Å². The van der Waals surface area contributed by atoms with E-state index >= 15 is 0 Å². The van der Waals surface area contributed by atoms with Gasteiger partial charge in [-0.15, -0.1) is 0 Å². The Morgan fingerprint density at radius 1 is 1.13 bits per heavy atom. The van der Waals surface area contributed by atoms with E-state index in [1.807, 2.05) is 0 Å². The summed E-state index contributed by atoms with van der Waals surface area (Å²) in [6, 6.07) is 0. The molecular weight excluding hydrogens is 182 g/mol. The molecule has 2 aliphatic carbocycles. The molecule has 0 spiro atoms. The lowest BCUT2D eigenvalue weighted by molar-refractivity contribution is 0.537. The second kappa shape index (κ2) is 4.87. The number of fused-ring (bicyclic) bond motifs is 1. The van der Waals surface area contributed by atoms with E-state index in [0.29, 0.717) is 5.92 Å². The Kier molecular flexibility index (Phi) is 3.50. The van der Waals surface area contributed by atoms with E-state index in [0.717, 1.165) is 0 Å². The smallest absolute Gasteiger partial charge is 0.0144 e. The number of allylic oxidation sites excluding steroid dienone is 4. The summed E-state index contributed by atoms with van der Waals surface area (Å²) in [4.78, 5) is 0. The molecule has 1 unspecified atom stereocenters. The average Bonchev–Trinajstić information content (AvgIpc) is 2.69. The number of hydrogen-bond acceptors (Lipinski definition) is 1. The summed E-state index contributed by atoms with van der Waals surface area (Å²) in [5.74, 6) is 0.597. The maximum Gasteiger partial charge on any atom is 0.0144 e. The SMILES string of the molecule is CC1CCCCC/C=C2/CCC/C2=C/1N. The van der Waals surface area contributed by atoms with Crippen LogP contribution in [0.25, 0.3) is 0 Å². The van der Waals surface area contributed by atoms with Gasteiger partial charge < -0.3 is 5.73 Å². The molecule has 1 heteroatoms. The van der Waals surface area contributed by atoms with Gasteiger partial charge in [-0.3, -0.25) is 0 Å². The van der Waals surface area contributed by atoms with Crippen LogP contribution in [-0.2, 0) is 0 Å². The van der Waals surface area contributed by atoms with E-state index in [1.165, 1.54) is 62.6 Å². The molecule has 2 rings (SSSR count). The number of hydrogen-bond donors (Lipinski definition) is 1. The van der Waals surface area contributed by atoms with E-state index in [9.17, 15) is 0 Å². The highest BCUT2D eigenvalue weighted by molar-refractivity contribution is 5.38. The van der Waals surface area contributed by atoms with Gasteiger partial charge in [0.2, 0.25) is 0 Å². The van der Waals surface area contributed by atoms with Crippen molar-refractivity contribution in [1.29, 1.82) is 0 Å². The molecule has 0 saturated heterocycles. The van der Waals surface area contributed by atoms with Crippen molar-refractivity contribution in [2.45, 2.75) is 58.3 Å². The van der Waals surface area contributed by atoms with E-state index < -0.39 is 0 Å². The molecule has 1 fully saturated rings. The van der Waals surface area contributed by atoms with Crippen molar-refractivity contribution in [3.63, 3.8) is 0 Å². The van der Waals surface area contributed by atoms with Crippen LogP contribution in [0.1, 0.15) is 58.3 Å². The number of rotatable bonds is 0. The van der Waals surface area contributed by atoms with Crippen molar-refractivity contribution in [2.75, 3.05) is 0 Å². The van der Waals surface area contributed by atoms with Gasteiger partial charge in [-0.2, -0.15) is 0 Å². The molecule has 0 heterocycles. The van der Waals surface area contributed by atoms with Gasteiger partial charge in [0.05, 0.1) is 0 Å². The maximum atomic E-state index is 6.29. The van der Waals surface area contributed by atoms with E-state index in [4.69, 9.17) is 5.73 Å². The third-order valence-electron chi connectivity index (χ3n) is 3.87. The van der Waals surface area contributed by atoms with Gasteiger partial charge in [0.15, 0.2) is 0 Å². The van der Waals surface area contributed by atoms with Crippen molar-refractivity contribution in [2.24, 2.45) is 11.7 Å². The quantitative estimate of drug-likeness (QED) is 0.637. The maximum absolute atomic E-state index is 6.29. The van der Waals surface area contributed by atoms with Crippen molar-refractivity contribution >= 4 is 0 Å².